The third-order valence-electron chi connectivity index (χ3n) is 2.04. The molecule has 0 saturated heterocycles. The highest BCUT2D eigenvalue weighted by molar-refractivity contribution is 6.16. The highest BCUT2D eigenvalue weighted by Crippen LogP contribution is 2.17. The maximum absolute atomic E-state index is 11.4. The zero-order valence-electron chi connectivity index (χ0n) is 8.69. The van der Waals surface area contributed by atoms with Crippen LogP contribution >= 0.6 is 0 Å². The van der Waals surface area contributed by atoms with Crippen LogP contribution in [-0.2, 0) is 9.53 Å². The quantitative estimate of drug-likeness (QED) is 0.600. The van der Waals surface area contributed by atoms with Gasteiger partial charge in [-0.3, -0.25) is 0 Å². The Bertz CT molecular complexity index is 369. The number of aliphatic hydroxyl groups excluding tert-OH is 1. The second kappa shape index (κ2) is 5.32. The predicted octanol–water partition coefficient (Wildman–Crippen LogP) is 1.54. The van der Waals surface area contributed by atoms with Crippen molar-refractivity contribution in [1.82, 2.24) is 0 Å². The Labute approximate surface area is 89.0 Å². The van der Waals surface area contributed by atoms with E-state index in [0.717, 1.165) is 11.1 Å². The molecule has 0 aliphatic heterocycles. The standard InChI is InChI=1S/C12H14O3/c1-9-5-3-4-6-11(9)10(2)12(14)15-8-7-13/h3-6,13H,2,7-8H2,1H3. The van der Waals surface area contributed by atoms with Crippen LogP contribution in [0.25, 0.3) is 5.57 Å². The van der Waals surface area contributed by atoms with E-state index in [0.29, 0.717) is 5.57 Å². The highest BCUT2D eigenvalue weighted by Gasteiger charge is 2.11. The molecule has 1 N–H and O–H groups in total. The van der Waals surface area contributed by atoms with Gasteiger partial charge in [-0.1, -0.05) is 30.8 Å². The number of carbonyl (C=O) groups excluding carboxylic acids is 1. The lowest BCUT2D eigenvalue weighted by Gasteiger charge is -2.08. The number of benzene rings is 1. The summed E-state index contributed by atoms with van der Waals surface area (Å²) in [5.74, 6) is -0.488. The lowest BCUT2D eigenvalue weighted by Crippen LogP contribution is -2.10. The molecular formula is C12H14O3. The highest BCUT2D eigenvalue weighted by atomic mass is 16.5. The molecule has 80 valence electrons. The van der Waals surface area contributed by atoms with Crippen LogP contribution in [0.5, 0.6) is 0 Å². The Balaban J connectivity index is 2.77. The van der Waals surface area contributed by atoms with Gasteiger partial charge < -0.3 is 9.84 Å². The lowest BCUT2D eigenvalue weighted by molar-refractivity contribution is -0.137. The summed E-state index contributed by atoms with van der Waals surface area (Å²) in [6.07, 6.45) is 0. The van der Waals surface area contributed by atoms with Crippen molar-refractivity contribution in [2.75, 3.05) is 13.2 Å². The molecule has 3 nitrogen and oxygen atoms in total. The largest absolute Gasteiger partial charge is 0.460 e. The first kappa shape index (κ1) is 11.5. The smallest absolute Gasteiger partial charge is 0.338 e. The molecule has 1 aromatic rings. The summed E-state index contributed by atoms with van der Waals surface area (Å²) in [5.41, 5.74) is 2.07. The van der Waals surface area contributed by atoms with Crippen LogP contribution in [-0.4, -0.2) is 24.3 Å². The van der Waals surface area contributed by atoms with E-state index in [1.54, 1.807) is 0 Å². The Kier molecular flexibility index (Phi) is 4.06. The molecule has 0 aromatic heterocycles. The number of rotatable bonds is 4. The van der Waals surface area contributed by atoms with E-state index >= 15 is 0 Å². The van der Waals surface area contributed by atoms with Crippen molar-refractivity contribution < 1.29 is 14.6 Å². The van der Waals surface area contributed by atoms with Gasteiger partial charge in [0.1, 0.15) is 6.61 Å². The fourth-order valence-electron chi connectivity index (χ4n) is 1.25. The van der Waals surface area contributed by atoms with Gasteiger partial charge in [0.15, 0.2) is 0 Å². The third-order valence-corrected chi connectivity index (χ3v) is 2.04. The topological polar surface area (TPSA) is 46.5 Å². The average molecular weight is 206 g/mol. The van der Waals surface area contributed by atoms with Gasteiger partial charge in [0.25, 0.3) is 0 Å². The molecule has 1 aromatic carbocycles. The fraction of sp³-hybridized carbons (Fsp3) is 0.250. The molecule has 0 radical (unpaired) electrons. The molecule has 0 fully saturated rings. The van der Waals surface area contributed by atoms with Crippen LogP contribution in [0.1, 0.15) is 11.1 Å². The number of aliphatic hydroxyl groups is 1. The molecule has 0 bridgehead atoms. The van der Waals surface area contributed by atoms with Crippen LogP contribution < -0.4 is 0 Å². The van der Waals surface area contributed by atoms with Crippen molar-refractivity contribution in [2.24, 2.45) is 0 Å². The first-order valence-electron chi connectivity index (χ1n) is 4.69. The molecule has 1 rings (SSSR count). The molecule has 0 heterocycles. The van der Waals surface area contributed by atoms with Gasteiger partial charge in [-0.15, -0.1) is 0 Å². The van der Waals surface area contributed by atoms with Gasteiger partial charge in [-0.2, -0.15) is 0 Å². The summed E-state index contributed by atoms with van der Waals surface area (Å²) >= 11 is 0. The van der Waals surface area contributed by atoms with Gasteiger partial charge in [-0.05, 0) is 18.1 Å². The van der Waals surface area contributed by atoms with E-state index in [-0.39, 0.29) is 13.2 Å². The van der Waals surface area contributed by atoms with E-state index in [2.05, 4.69) is 6.58 Å². The summed E-state index contributed by atoms with van der Waals surface area (Å²) in [5, 5.41) is 8.52. The molecule has 0 amide bonds. The average Bonchev–Trinajstić information content (AvgIpc) is 2.25. The summed E-state index contributed by atoms with van der Waals surface area (Å²) in [6, 6.07) is 7.45. The molecular weight excluding hydrogens is 192 g/mol. The number of esters is 1. The van der Waals surface area contributed by atoms with Crippen LogP contribution in [0, 0.1) is 6.92 Å². The Morgan fingerprint density at radius 2 is 2.13 bits per heavy atom. The number of ether oxygens (including phenoxy) is 1. The fourth-order valence-corrected chi connectivity index (χ4v) is 1.25. The van der Waals surface area contributed by atoms with Crippen LogP contribution in [0.4, 0.5) is 0 Å². The van der Waals surface area contributed by atoms with Crippen molar-refractivity contribution in [3.05, 3.63) is 42.0 Å². The van der Waals surface area contributed by atoms with Crippen molar-refractivity contribution in [1.29, 1.82) is 0 Å². The molecule has 0 aliphatic rings. The van der Waals surface area contributed by atoms with Gasteiger partial charge in [-0.25, -0.2) is 4.79 Å². The van der Waals surface area contributed by atoms with Crippen molar-refractivity contribution >= 4 is 11.5 Å². The third kappa shape index (κ3) is 2.92. The summed E-state index contributed by atoms with van der Waals surface area (Å²) in [4.78, 5) is 11.4. The Morgan fingerprint density at radius 3 is 2.73 bits per heavy atom. The van der Waals surface area contributed by atoms with Crippen LogP contribution in [0.3, 0.4) is 0 Å². The molecule has 0 spiro atoms. The number of aryl methyl sites for hydroxylation is 1. The van der Waals surface area contributed by atoms with Gasteiger partial charge in [0.2, 0.25) is 0 Å². The minimum Gasteiger partial charge on any atom is -0.460 e. The first-order valence-corrected chi connectivity index (χ1v) is 4.69. The monoisotopic (exact) mass is 206 g/mol. The zero-order valence-corrected chi connectivity index (χ0v) is 8.69. The van der Waals surface area contributed by atoms with E-state index in [1.807, 2.05) is 31.2 Å². The van der Waals surface area contributed by atoms with Crippen molar-refractivity contribution in [3.63, 3.8) is 0 Å². The summed E-state index contributed by atoms with van der Waals surface area (Å²) < 4.78 is 4.77. The Hall–Kier alpha value is -1.61. The molecule has 0 atom stereocenters. The normalized spacial score (nSPS) is 9.73. The van der Waals surface area contributed by atoms with Crippen LogP contribution in [0.15, 0.2) is 30.8 Å². The maximum atomic E-state index is 11.4. The van der Waals surface area contributed by atoms with Gasteiger partial charge in [0.05, 0.1) is 12.2 Å². The van der Waals surface area contributed by atoms with Crippen molar-refractivity contribution in [3.8, 4) is 0 Å². The van der Waals surface area contributed by atoms with E-state index in [4.69, 9.17) is 9.84 Å². The van der Waals surface area contributed by atoms with Gasteiger partial charge in [0, 0.05) is 0 Å². The molecule has 0 unspecified atom stereocenters. The first-order chi connectivity index (χ1) is 7.16. The number of hydrogen-bond acceptors (Lipinski definition) is 3. The SMILES string of the molecule is C=C(C(=O)OCCO)c1ccccc1C. The maximum Gasteiger partial charge on any atom is 0.338 e. The second-order valence-corrected chi connectivity index (χ2v) is 3.15. The molecule has 0 aliphatic carbocycles. The molecule has 15 heavy (non-hydrogen) atoms. The zero-order chi connectivity index (χ0) is 11.3. The number of hydrogen-bond donors (Lipinski definition) is 1. The van der Waals surface area contributed by atoms with Crippen molar-refractivity contribution in [2.45, 2.75) is 6.92 Å². The van der Waals surface area contributed by atoms with E-state index < -0.39 is 5.97 Å². The van der Waals surface area contributed by atoms with E-state index in [9.17, 15) is 4.79 Å². The molecule has 3 heteroatoms. The van der Waals surface area contributed by atoms with Crippen LogP contribution in [0.2, 0.25) is 0 Å². The number of carbonyl (C=O) groups is 1. The predicted molar refractivity (Wildman–Crippen MR) is 58.3 cm³/mol. The minimum absolute atomic E-state index is 0.00370. The minimum atomic E-state index is -0.488. The van der Waals surface area contributed by atoms with E-state index in [1.165, 1.54) is 0 Å². The van der Waals surface area contributed by atoms with Gasteiger partial charge >= 0.3 is 5.97 Å². The Morgan fingerprint density at radius 1 is 1.47 bits per heavy atom. The summed E-state index contributed by atoms with van der Waals surface area (Å²) in [6.45, 7) is 5.41. The molecule has 0 saturated carbocycles. The lowest BCUT2D eigenvalue weighted by atomic mass is 10.0. The second-order valence-electron chi connectivity index (χ2n) is 3.15. The summed E-state index contributed by atoms with van der Waals surface area (Å²) in [7, 11) is 0.